The highest BCUT2D eigenvalue weighted by Crippen LogP contribution is 2.46. The third-order valence-corrected chi connectivity index (χ3v) is 6.41. The highest BCUT2D eigenvalue weighted by atomic mass is 32.2. The molecule has 1 saturated carbocycles. The number of fused-ring (bicyclic) bond motifs is 1. The number of ether oxygens (including phenoxy) is 4. The second kappa shape index (κ2) is 7.37. The lowest BCUT2D eigenvalue weighted by Crippen LogP contribution is -2.51. The monoisotopic (exact) mass is 364 g/mol. The summed E-state index contributed by atoms with van der Waals surface area (Å²) >= 11 is 1.24. The molecule has 4 rings (SSSR count). The van der Waals surface area contributed by atoms with E-state index < -0.39 is 12.1 Å². The summed E-state index contributed by atoms with van der Waals surface area (Å²) in [6, 6.07) is 9.29. The zero-order chi connectivity index (χ0) is 17.3. The van der Waals surface area contributed by atoms with Crippen molar-refractivity contribution >= 4 is 16.9 Å². The van der Waals surface area contributed by atoms with Crippen molar-refractivity contribution in [3.05, 3.63) is 35.9 Å². The standard InChI is InChI=1S/C19H24O5S/c1-21-18-16(25-17(20)13-8-4-2-5-9-13)15-14(12-22-18)23-19(24-15)10-6-3-7-11-19/h2,4-5,8-9,14-16,18H,3,6-7,10-12H2,1H3. The van der Waals surface area contributed by atoms with Gasteiger partial charge < -0.3 is 18.9 Å². The van der Waals surface area contributed by atoms with E-state index in [2.05, 4.69) is 0 Å². The van der Waals surface area contributed by atoms with Crippen molar-refractivity contribution in [3.8, 4) is 0 Å². The van der Waals surface area contributed by atoms with Gasteiger partial charge in [0.25, 0.3) is 0 Å². The summed E-state index contributed by atoms with van der Waals surface area (Å²) in [4.78, 5) is 12.7. The normalized spacial score (nSPS) is 34.0. The molecule has 6 heteroatoms. The van der Waals surface area contributed by atoms with Crippen LogP contribution in [0.4, 0.5) is 0 Å². The number of thioether (sulfide) groups is 1. The Labute approximate surface area is 152 Å². The number of methoxy groups -OCH3 is 1. The van der Waals surface area contributed by atoms with Crippen LogP contribution in [0.15, 0.2) is 30.3 Å². The van der Waals surface area contributed by atoms with Crippen molar-refractivity contribution in [3.63, 3.8) is 0 Å². The Morgan fingerprint density at radius 1 is 1.16 bits per heavy atom. The van der Waals surface area contributed by atoms with Gasteiger partial charge in [-0.25, -0.2) is 0 Å². The molecule has 4 atom stereocenters. The van der Waals surface area contributed by atoms with Crippen molar-refractivity contribution in [2.24, 2.45) is 0 Å². The summed E-state index contributed by atoms with van der Waals surface area (Å²) in [5, 5.41) is -0.233. The van der Waals surface area contributed by atoms with Gasteiger partial charge in [-0.15, -0.1) is 0 Å². The van der Waals surface area contributed by atoms with Gasteiger partial charge in [0, 0.05) is 25.5 Å². The minimum absolute atomic E-state index is 0.00472. The van der Waals surface area contributed by atoms with E-state index in [1.165, 1.54) is 18.2 Å². The van der Waals surface area contributed by atoms with E-state index in [-0.39, 0.29) is 22.6 Å². The third kappa shape index (κ3) is 3.51. The quantitative estimate of drug-likeness (QED) is 0.820. The van der Waals surface area contributed by atoms with Crippen LogP contribution in [0.25, 0.3) is 0 Å². The molecule has 25 heavy (non-hydrogen) atoms. The Bertz CT molecular complexity index is 601. The molecule has 0 amide bonds. The molecule has 1 aliphatic carbocycles. The van der Waals surface area contributed by atoms with Crippen molar-refractivity contribution in [1.82, 2.24) is 0 Å². The topological polar surface area (TPSA) is 54.0 Å². The number of rotatable bonds is 3. The Morgan fingerprint density at radius 3 is 2.64 bits per heavy atom. The van der Waals surface area contributed by atoms with Crippen LogP contribution >= 0.6 is 11.8 Å². The summed E-state index contributed by atoms with van der Waals surface area (Å²) < 4.78 is 24.0. The van der Waals surface area contributed by atoms with Gasteiger partial charge in [0.05, 0.1) is 11.9 Å². The van der Waals surface area contributed by atoms with Gasteiger partial charge in [-0.3, -0.25) is 4.79 Å². The molecule has 5 nitrogen and oxygen atoms in total. The van der Waals surface area contributed by atoms with Crippen LogP contribution < -0.4 is 0 Å². The van der Waals surface area contributed by atoms with Crippen LogP contribution in [0.1, 0.15) is 42.5 Å². The van der Waals surface area contributed by atoms with E-state index in [1.54, 1.807) is 7.11 Å². The molecular weight excluding hydrogens is 340 g/mol. The molecule has 2 heterocycles. The summed E-state index contributed by atoms with van der Waals surface area (Å²) in [7, 11) is 1.61. The van der Waals surface area contributed by atoms with E-state index in [1.807, 2.05) is 30.3 Å². The molecular formula is C19H24O5S. The van der Waals surface area contributed by atoms with Crippen LogP contribution in [0, 0.1) is 0 Å². The summed E-state index contributed by atoms with van der Waals surface area (Å²) in [5.41, 5.74) is 0.677. The third-order valence-electron chi connectivity index (χ3n) is 5.20. The number of hydrogen-bond acceptors (Lipinski definition) is 6. The Kier molecular flexibility index (Phi) is 5.15. The van der Waals surface area contributed by atoms with E-state index in [9.17, 15) is 4.79 Å². The molecule has 4 unspecified atom stereocenters. The summed E-state index contributed by atoms with van der Waals surface area (Å²) in [6.07, 6.45) is 4.51. The van der Waals surface area contributed by atoms with Gasteiger partial charge in [-0.05, 0) is 12.8 Å². The van der Waals surface area contributed by atoms with Crippen LogP contribution in [0.5, 0.6) is 0 Å². The molecule has 1 aromatic carbocycles. The van der Waals surface area contributed by atoms with Gasteiger partial charge in [0.15, 0.2) is 12.1 Å². The molecule has 0 radical (unpaired) electrons. The van der Waals surface area contributed by atoms with Crippen LogP contribution in [-0.4, -0.2) is 48.4 Å². The van der Waals surface area contributed by atoms with E-state index in [0.717, 1.165) is 25.7 Å². The van der Waals surface area contributed by atoms with E-state index in [0.29, 0.717) is 12.2 Å². The fourth-order valence-corrected chi connectivity index (χ4v) is 5.14. The fourth-order valence-electron chi connectivity index (χ4n) is 3.96. The maximum absolute atomic E-state index is 12.7. The summed E-state index contributed by atoms with van der Waals surface area (Å²) in [6.45, 7) is 0.446. The second-order valence-electron chi connectivity index (χ2n) is 6.88. The van der Waals surface area contributed by atoms with Gasteiger partial charge >= 0.3 is 0 Å². The predicted octanol–water partition coefficient (Wildman–Crippen LogP) is 3.38. The van der Waals surface area contributed by atoms with Gasteiger partial charge in [-0.2, -0.15) is 0 Å². The molecule has 2 aliphatic heterocycles. The second-order valence-corrected chi connectivity index (χ2v) is 8.03. The number of benzene rings is 1. The Balaban J connectivity index is 1.52. The molecule has 0 bridgehead atoms. The predicted molar refractivity (Wildman–Crippen MR) is 94.5 cm³/mol. The Hall–Kier alpha value is -0.920. The zero-order valence-electron chi connectivity index (χ0n) is 14.4. The van der Waals surface area contributed by atoms with Gasteiger partial charge in [0.1, 0.15) is 12.2 Å². The van der Waals surface area contributed by atoms with Crippen LogP contribution in [0.3, 0.4) is 0 Å². The number of carbonyl (C=O) groups excluding carboxylic acids is 1. The largest absolute Gasteiger partial charge is 0.355 e. The molecule has 3 fully saturated rings. The average molecular weight is 364 g/mol. The molecule has 1 spiro atoms. The molecule has 2 saturated heterocycles. The molecule has 0 N–H and O–H groups in total. The first-order valence-electron chi connectivity index (χ1n) is 8.97. The van der Waals surface area contributed by atoms with Crippen LogP contribution in [0.2, 0.25) is 0 Å². The highest BCUT2D eigenvalue weighted by molar-refractivity contribution is 8.14. The number of carbonyl (C=O) groups is 1. The lowest BCUT2D eigenvalue weighted by Gasteiger charge is -2.36. The minimum atomic E-state index is -0.492. The maximum Gasteiger partial charge on any atom is 0.219 e. The SMILES string of the molecule is COC1OCC2OC3(CCCCC3)OC2C1SC(=O)c1ccccc1. The highest BCUT2D eigenvalue weighted by Gasteiger charge is 2.55. The first-order valence-corrected chi connectivity index (χ1v) is 9.85. The Morgan fingerprint density at radius 2 is 1.92 bits per heavy atom. The average Bonchev–Trinajstić information content (AvgIpc) is 3.01. The van der Waals surface area contributed by atoms with E-state index in [4.69, 9.17) is 18.9 Å². The summed E-state index contributed by atoms with van der Waals surface area (Å²) in [5.74, 6) is -0.492. The van der Waals surface area contributed by atoms with Crippen molar-refractivity contribution in [2.75, 3.05) is 13.7 Å². The zero-order valence-corrected chi connectivity index (χ0v) is 15.2. The lowest BCUT2D eigenvalue weighted by molar-refractivity contribution is -0.194. The van der Waals surface area contributed by atoms with Crippen molar-refractivity contribution < 1.29 is 23.7 Å². The first-order chi connectivity index (χ1) is 12.2. The molecule has 136 valence electrons. The minimum Gasteiger partial charge on any atom is -0.355 e. The molecule has 3 aliphatic rings. The van der Waals surface area contributed by atoms with Crippen molar-refractivity contribution in [2.45, 2.75) is 61.6 Å². The van der Waals surface area contributed by atoms with Gasteiger partial charge in [0.2, 0.25) is 5.12 Å². The first kappa shape index (κ1) is 17.5. The fraction of sp³-hybridized carbons (Fsp3) is 0.632. The number of hydrogen-bond donors (Lipinski definition) is 0. The molecule has 0 aromatic heterocycles. The maximum atomic E-state index is 12.7. The molecule has 1 aromatic rings. The lowest BCUT2D eigenvalue weighted by atomic mass is 9.94. The van der Waals surface area contributed by atoms with Crippen LogP contribution in [-0.2, 0) is 18.9 Å². The van der Waals surface area contributed by atoms with Gasteiger partial charge in [-0.1, -0.05) is 48.5 Å². The van der Waals surface area contributed by atoms with Crippen molar-refractivity contribution in [1.29, 1.82) is 0 Å². The van der Waals surface area contributed by atoms with E-state index >= 15 is 0 Å². The smallest absolute Gasteiger partial charge is 0.219 e.